The maximum Gasteiger partial charge on any atom is 0.266 e. The molecule has 0 saturated carbocycles. The third-order valence-corrected chi connectivity index (χ3v) is 4.17. The first-order valence-electron chi connectivity index (χ1n) is 7.57. The van der Waals surface area contributed by atoms with Crippen LogP contribution in [0.15, 0.2) is 46.4 Å². The zero-order valence-electron chi connectivity index (χ0n) is 13.8. The van der Waals surface area contributed by atoms with Gasteiger partial charge in [0.25, 0.3) is 5.91 Å². The third kappa shape index (κ3) is 4.61. The fraction of sp³-hybridized carbons (Fsp3) is 0.158. The van der Waals surface area contributed by atoms with Crippen LogP contribution in [0.4, 0.5) is 5.69 Å². The highest BCUT2D eigenvalue weighted by Gasteiger charge is 2.12. The van der Waals surface area contributed by atoms with E-state index >= 15 is 0 Å². The molecule has 0 aromatic heterocycles. The standard InChI is InChI=1S/C19H17BrN2O3/c1-3-12-4-6-15(7-5-12)22-19(24)14(11-21)8-13-9-16(20)18(23)17(10-13)25-2/h4-10,23H,3H2,1-2H3,(H,22,24)/b14-8-. The summed E-state index contributed by atoms with van der Waals surface area (Å²) in [6.07, 6.45) is 2.34. The molecular weight excluding hydrogens is 384 g/mol. The van der Waals surface area contributed by atoms with Crippen LogP contribution in [-0.2, 0) is 11.2 Å². The lowest BCUT2D eigenvalue weighted by molar-refractivity contribution is -0.112. The lowest BCUT2D eigenvalue weighted by Gasteiger charge is -2.08. The van der Waals surface area contributed by atoms with Gasteiger partial charge >= 0.3 is 0 Å². The number of hydrogen-bond donors (Lipinski definition) is 2. The minimum atomic E-state index is -0.505. The largest absolute Gasteiger partial charge is 0.503 e. The summed E-state index contributed by atoms with van der Waals surface area (Å²) >= 11 is 3.21. The molecule has 0 bridgehead atoms. The molecular formula is C19H17BrN2O3. The predicted octanol–water partition coefficient (Wildman–Crippen LogP) is 4.27. The molecule has 0 aliphatic heterocycles. The topological polar surface area (TPSA) is 82.4 Å². The molecule has 0 spiro atoms. The highest BCUT2D eigenvalue weighted by Crippen LogP contribution is 2.35. The zero-order valence-corrected chi connectivity index (χ0v) is 15.4. The van der Waals surface area contributed by atoms with Crippen LogP contribution in [0.1, 0.15) is 18.1 Å². The number of amides is 1. The number of phenols is 1. The lowest BCUT2D eigenvalue weighted by Crippen LogP contribution is -2.13. The Kier molecular flexibility index (Phi) is 6.20. The predicted molar refractivity (Wildman–Crippen MR) is 100 cm³/mol. The molecule has 0 fully saturated rings. The maximum absolute atomic E-state index is 12.3. The van der Waals surface area contributed by atoms with Crippen LogP contribution >= 0.6 is 15.9 Å². The molecule has 0 aliphatic carbocycles. The number of benzene rings is 2. The van der Waals surface area contributed by atoms with Gasteiger partial charge in [-0.15, -0.1) is 0 Å². The van der Waals surface area contributed by atoms with E-state index in [0.717, 1.165) is 12.0 Å². The Hall–Kier alpha value is -2.78. The molecule has 0 radical (unpaired) electrons. The fourth-order valence-corrected chi connectivity index (χ4v) is 2.63. The first-order valence-corrected chi connectivity index (χ1v) is 8.36. The second-order valence-corrected chi connectivity index (χ2v) is 6.08. The number of anilines is 1. The molecule has 0 aliphatic rings. The van der Waals surface area contributed by atoms with E-state index in [-0.39, 0.29) is 17.1 Å². The minimum Gasteiger partial charge on any atom is -0.503 e. The number of nitriles is 1. The van der Waals surface area contributed by atoms with E-state index < -0.39 is 5.91 Å². The summed E-state index contributed by atoms with van der Waals surface area (Å²) in [4.78, 5) is 12.3. The zero-order chi connectivity index (χ0) is 18.4. The summed E-state index contributed by atoms with van der Waals surface area (Å²) in [7, 11) is 1.42. The number of rotatable bonds is 5. The summed E-state index contributed by atoms with van der Waals surface area (Å²) in [5.74, 6) is -0.304. The van der Waals surface area contributed by atoms with Crippen molar-refractivity contribution >= 4 is 33.6 Å². The lowest BCUT2D eigenvalue weighted by atomic mass is 10.1. The summed E-state index contributed by atoms with van der Waals surface area (Å²) in [5, 5.41) is 21.8. The van der Waals surface area contributed by atoms with Crippen LogP contribution in [0, 0.1) is 11.3 Å². The van der Waals surface area contributed by atoms with Crippen LogP contribution in [0.2, 0.25) is 0 Å². The SMILES string of the molecule is CCc1ccc(NC(=O)/C(C#N)=C\c2cc(Br)c(O)c(OC)c2)cc1. The van der Waals surface area contributed by atoms with Gasteiger partial charge in [-0.1, -0.05) is 19.1 Å². The van der Waals surface area contributed by atoms with Crippen molar-refractivity contribution in [3.63, 3.8) is 0 Å². The van der Waals surface area contributed by atoms with Gasteiger partial charge in [-0.2, -0.15) is 5.26 Å². The Morgan fingerprint density at radius 3 is 2.60 bits per heavy atom. The number of aryl methyl sites for hydroxylation is 1. The maximum atomic E-state index is 12.3. The van der Waals surface area contributed by atoms with E-state index in [1.807, 2.05) is 25.1 Å². The van der Waals surface area contributed by atoms with E-state index in [1.165, 1.54) is 13.2 Å². The monoisotopic (exact) mass is 400 g/mol. The highest BCUT2D eigenvalue weighted by molar-refractivity contribution is 9.10. The van der Waals surface area contributed by atoms with Crippen LogP contribution < -0.4 is 10.1 Å². The van der Waals surface area contributed by atoms with E-state index in [4.69, 9.17) is 4.74 Å². The van der Waals surface area contributed by atoms with E-state index in [9.17, 15) is 15.2 Å². The number of methoxy groups -OCH3 is 1. The van der Waals surface area contributed by atoms with Crippen molar-refractivity contribution in [3.05, 3.63) is 57.6 Å². The molecule has 2 rings (SSSR count). The van der Waals surface area contributed by atoms with Gasteiger partial charge in [0.2, 0.25) is 0 Å². The van der Waals surface area contributed by atoms with Crippen LogP contribution in [0.25, 0.3) is 6.08 Å². The van der Waals surface area contributed by atoms with Gasteiger partial charge in [0.1, 0.15) is 11.6 Å². The van der Waals surface area contributed by atoms with Crippen molar-refractivity contribution < 1.29 is 14.6 Å². The number of hydrogen-bond acceptors (Lipinski definition) is 4. The number of aromatic hydroxyl groups is 1. The number of carbonyl (C=O) groups is 1. The number of nitrogens with zero attached hydrogens (tertiary/aromatic N) is 1. The average Bonchev–Trinajstić information content (AvgIpc) is 2.62. The van der Waals surface area contributed by atoms with Gasteiger partial charge in [-0.25, -0.2) is 0 Å². The van der Waals surface area contributed by atoms with Crippen LogP contribution in [0.3, 0.4) is 0 Å². The second kappa shape index (κ2) is 8.36. The fourth-order valence-electron chi connectivity index (χ4n) is 2.17. The van der Waals surface area contributed by atoms with Crippen LogP contribution in [-0.4, -0.2) is 18.1 Å². The summed E-state index contributed by atoms with van der Waals surface area (Å²) in [6.45, 7) is 2.05. The van der Waals surface area contributed by atoms with Gasteiger partial charge in [-0.05, 0) is 63.8 Å². The Balaban J connectivity index is 2.26. The molecule has 6 heteroatoms. The molecule has 0 unspecified atom stereocenters. The number of halogens is 1. The quantitative estimate of drug-likeness (QED) is 0.579. The van der Waals surface area contributed by atoms with Crippen molar-refractivity contribution in [2.45, 2.75) is 13.3 Å². The van der Waals surface area contributed by atoms with E-state index in [2.05, 4.69) is 21.2 Å². The number of ether oxygens (including phenoxy) is 1. The number of phenolic OH excluding ortho intramolecular Hbond substituents is 1. The third-order valence-electron chi connectivity index (χ3n) is 3.57. The molecule has 0 atom stereocenters. The second-order valence-electron chi connectivity index (χ2n) is 5.23. The molecule has 2 N–H and O–H groups in total. The molecule has 5 nitrogen and oxygen atoms in total. The highest BCUT2D eigenvalue weighted by atomic mass is 79.9. The summed E-state index contributed by atoms with van der Waals surface area (Å²) < 4.78 is 5.48. The summed E-state index contributed by atoms with van der Waals surface area (Å²) in [6, 6.07) is 12.5. The molecule has 2 aromatic rings. The molecule has 0 saturated heterocycles. The molecule has 25 heavy (non-hydrogen) atoms. The first kappa shape index (κ1) is 18.6. The van der Waals surface area contributed by atoms with Crippen molar-refractivity contribution in [3.8, 4) is 17.6 Å². The van der Waals surface area contributed by atoms with Crippen molar-refractivity contribution in [2.75, 3.05) is 12.4 Å². The number of nitrogens with one attached hydrogen (secondary N) is 1. The van der Waals surface area contributed by atoms with Gasteiger partial charge in [0.15, 0.2) is 11.5 Å². The molecule has 2 aromatic carbocycles. The van der Waals surface area contributed by atoms with Crippen LogP contribution in [0.5, 0.6) is 11.5 Å². The van der Waals surface area contributed by atoms with Gasteiger partial charge < -0.3 is 15.2 Å². The van der Waals surface area contributed by atoms with Crippen molar-refractivity contribution in [1.82, 2.24) is 0 Å². The Morgan fingerprint density at radius 2 is 2.04 bits per heavy atom. The van der Waals surface area contributed by atoms with Gasteiger partial charge in [-0.3, -0.25) is 4.79 Å². The van der Waals surface area contributed by atoms with Crippen molar-refractivity contribution in [1.29, 1.82) is 5.26 Å². The number of carbonyl (C=O) groups excluding carboxylic acids is 1. The minimum absolute atomic E-state index is 0.0429. The Bertz CT molecular complexity index is 852. The molecule has 128 valence electrons. The first-order chi connectivity index (χ1) is 12.0. The van der Waals surface area contributed by atoms with E-state index in [0.29, 0.717) is 15.7 Å². The molecule has 0 heterocycles. The average molecular weight is 401 g/mol. The smallest absolute Gasteiger partial charge is 0.266 e. The summed E-state index contributed by atoms with van der Waals surface area (Å²) in [5.41, 5.74) is 2.27. The van der Waals surface area contributed by atoms with Gasteiger partial charge in [0.05, 0.1) is 11.6 Å². The van der Waals surface area contributed by atoms with Crippen molar-refractivity contribution in [2.24, 2.45) is 0 Å². The molecule has 1 amide bonds. The Morgan fingerprint density at radius 1 is 1.36 bits per heavy atom. The normalized spacial score (nSPS) is 10.9. The van der Waals surface area contributed by atoms with Gasteiger partial charge in [0, 0.05) is 5.69 Å². The van der Waals surface area contributed by atoms with E-state index in [1.54, 1.807) is 24.3 Å². The Labute approximate surface area is 154 Å².